The van der Waals surface area contributed by atoms with Crippen molar-refractivity contribution < 1.29 is 19.4 Å². The summed E-state index contributed by atoms with van der Waals surface area (Å²) in [5.41, 5.74) is 1.04. The Balaban J connectivity index is 1.26. The van der Waals surface area contributed by atoms with E-state index < -0.39 is 5.60 Å². The number of aromatic nitrogens is 1. The van der Waals surface area contributed by atoms with Crippen molar-refractivity contribution in [3.05, 3.63) is 35.9 Å². The number of benzene rings is 1. The first-order valence-corrected chi connectivity index (χ1v) is 16.2. The summed E-state index contributed by atoms with van der Waals surface area (Å²) in [6.07, 6.45) is 7.56. The van der Waals surface area contributed by atoms with E-state index in [0.29, 0.717) is 43.0 Å². The summed E-state index contributed by atoms with van der Waals surface area (Å²) < 4.78 is 5.35. The maximum Gasteiger partial charge on any atom is 0.407 e. The molecule has 0 bridgehead atoms. The van der Waals surface area contributed by atoms with Gasteiger partial charge < -0.3 is 30.3 Å². The average molecular weight is 596 g/mol. The maximum atomic E-state index is 13.5. The van der Waals surface area contributed by atoms with Crippen LogP contribution in [0, 0.1) is 17.8 Å². The van der Waals surface area contributed by atoms with E-state index in [4.69, 9.17) is 9.72 Å². The zero-order valence-electron chi connectivity index (χ0n) is 26.9. The standard InChI is InChI=1S/C34H53N5O4/c1-34(2,3)43-33(42)36-22-26-12-10-24(11-13-26)14-17-35-32(41)29-21-31(37-30-9-7-6-8-28(29)30)39-18-15-25(16-19-39)20-27(40)23-38(4)5/h6-9,21,24-27,40H,10-20,22-23H2,1-5H3,(H,35,41)(H,36,42). The Bertz CT molecular complexity index is 1200. The van der Waals surface area contributed by atoms with E-state index in [0.717, 1.165) is 81.2 Å². The molecule has 0 radical (unpaired) electrons. The van der Waals surface area contributed by atoms with Crippen LogP contribution in [0.15, 0.2) is 30.3 Å². The molecule has 1 aromatic carbocycles. The van der Waals surface area contributed by atoms with Crippen molar-refractivity contribution >= 4 is 28.7 Å². The van der Waals surface area contributed by atoms with E-state index in [2.05, 4.69) is 15.5 Å². The Labute approximate surface area is 257 Å². The van der Waals surface area contributed by atoms with Crippen LogP contribution in [0.25, 0.3) is 10.9 Å². The molecule has 1 saturated heterocycles. The summed E-state index contributed by atoms with van der Waals surface area (Å²) in [6, 6.07) is 9.85. The van der Waals surface area contributed by atoms with Crippen LogP contribution in [0.2, 0.25) is 0 Å². The molecule has 2 heterocycles. The summed E-state index contributed by atoms with van der Waals surface area (Å²) in [4.78, 5) is 34.7. The van der Waals surface area contributed by atoms with E-state index in [9.17, 15) is 14.7 Å². The van der Waals surface area contributed by atoms with E-state index in [1.807, 2.05) is 70.1 Å². The SMILES string of the molecule is CN(C)CC(O)CC1CCN(c2cc(C(=O)NCCC3CCC(CNC(=O)OC(C)(C)C)CC3)c3ccccc3n2)CC1. The zero-order valence-corrected chi connectivity index (χ0v) is 26.9. The average Bonchev–Trinajstić information content (AvgIpc) is 2.95. The van der Waals surface area contributed by atoms with Crippen LogP contribution in [-0.2, 0) is 4.74 Å². The van der Waals surface area contributed by atoms with Gasteiger partial charge in [-0.15, -0.1) is 0 Å². The fraction of sp³-hybridized carbons (Fsp3) is 0.676. The minimum Gasteiger partial charge on any atom is -0.444 e. The third-order valence-corrected chi connectivity index (χ3v) is 8.81. The van der Waals surface area contributed by atoms with Crippen molar-refractivity contribution in [1.29, 1.82) is 0 Å². The van der Waals surface area contributed by atoms with Gasteiger partial charge in [-0.25, -0.2) is 9.78 Å². The molecule has 3 N–H and O–H groups in total. The summed E-state index contributed by atoms with van der Waals surface area (Å²) in [6.45, 7) is 9.37. The highest BCUT2D eigenvalue weighted by atomic mass is 16.6. The minimum absolute atomic E-state index is 0.0446. The number of fused-ring (bicyclic) bond motifs is 1. The monoisotopic (exact) mass is 595 g/mol. The molecular formula is C34H53N5O4. The second kappa shape index (κ2) is 15.2. The fourth-order valence-electron chi connectivity index (χ4n) is 6.54. The van der Waals surface area contributed by atoms with Crippen molar-refractivity contribution in [3.8, 4) is 0 Å². The molecule has 1 aromatic heterocycles. The molecule has 1 unspecified atom stereocenters. The van der Waals surface area contributed by atoms with Crippen molar-refractivity contribution in [2.45, 2.75) is 83.8 Å². The first-order chi connectivity index (χ1) is 20.5. The smallest absolute Gasteiger partial charge is 0.407 e. The van der Waals surface area contributed by atoms with Crippen LogP contribution in [0.1, 0.15) is 82.5 Å². The van der Waals surface area contributed by atoms with Gasteiger partial charge in [-0.3, -0.25) is 4.79 Å². The Morgan fingerprint density at radius 1 is 1.02 bits per heavy atom. The lowest BCUT2D eigenvalue weighted by Crippen LogP contribution is -2.37. The Kier molecular flexibility index (Phi) is 11.7. The molecule has 2 fully saturated rings. The van der Waals surface area contributed by atoms with Gasteiger partial charge in [0.2, 0.25) is 0 Å². The van der Waals surface area contributed by atoms with Crippen molar-refractivity contribution in [2.24, 2.45) is 17.8 Å². The van der Waals surface area contributed by atoms with Crippen molar-refractivity contribution in [3.63, 3.8) is 0 Å². The van der Waals surface area contributed by atoms with Gasteiger partial charge in [0.1, 0.15) is 11.4 Å². The number of alkyl carbamates (subject to hydrolysis) is 1. The molecule has 2 amide bonds. The predicted molar refractivity (Wildman–Crippen MR) is 172 cm³/mol. The van der Waals surface area contributed by atoms with Crippen molar-refractivity contribution in [1.82, 2.24) is 20.5 Å². The number of para-hydroxylation sites is 1. The highest BCUT2D eigenvalue weighted by Gasteiger charge is 2.25. The van der Waals surface area contributed by atoms with Crippen LogP contribution < -0.4 is 15.5 Å². The van der Waals surface area contributed by atoms with E-state index in [1.165, 1.54) is 0 Å². The third kappa shape index (κ3) is 10.3. The number of likely N-dealkylation sites (N-methyl/N-ethyl adjacent to an activating group) is 1. The Morgan fingerprint density at radius 2 is 1.70 bits per heavy atom. The van der Waals surface area contributed by atoms with E-state index in [1.54, 1.807) is 0 Å². The molecular weight excluding hydrogens is 542 g/mol. The number of piperidine rings is 1. The molecule has 9 nitrogen and oxygen atoms in total. The number of hydrogen-bond acceptors (Lipinski definition) is 7. The maximum absolute atomic E-state index is 13.5. The lowest BCUT2D eigenvalue weighted by atomic mass is 9.80. The number of aliphatic hydroxyl groups is 1. The molecule has 1 aliphatic heterocycles. The molecule has 4 rings (SSSR count). The van der Waals surface area contributed by atoms with Gasteiger partial charge in [-0.2, -0.15) is 0 Å². The number of nitrogens with one attached hydrogen (secondary N) is 2. The second-order valence-corrected chi connectivity index (χ2v) is 13.9. The summed E-state index contributed by atoms with van der Waals surface area (Å²) in [7, 11) is 3.98. The zero-order chi connectivity index (χ0) is 31.0. The topological polar surface area (TPSA) is 107 Å². The van der Waals surface area contributed by atoms with Crippen LogP contribution in [0.5, 0.6) is 0 Å². The van der Waals surface area contributed by atoms with Gasteiger partial charge >= 0.3 is 6.09 Å². The number of aliphatic hydroxyl groups excluding tert-OH is 1. The summed E-state index contributed by atoms with van der Waals surface area (Å²) in [5.74, 6) is 2.38. The van der Waals surface area contributed by atoms with Crippen LogP contribution >= 0.6 is 0 Å². The number of ether oxygens (including phenoxy) is 1. The van der Waals surface area contributed by atoms with Gasteiger partial charge in [-0.05, 0) is 103 Å². The quantitative estimate of drug-likeness (QED) is 0.327. The number of carbonyl (C=O) groups excluding carboxylic acids is 2. The van der Waals surface area contributed by atoms with Gasteiger partial charge in [0.25, 0.3) is 5.91 Å². The molecule has 2 aromatic rings. The first kappa shape index (κ1) is 33.0. The number of pyridine rings is 1. The molecule has 1 aliphatic carbocycles. The Morgan fingerprint density at radius 3 is 2.37 bits per heavy atom. The summed E-state index contributed by atoms with van der Waals surface area (Å²) in [5, 5.41) is 17.4. The molecule has 43 heavy (non-hydrogen) atoms. The Hall–Kier alpha value is -2.91. The number of rotatable bonds is 11. The number of amides is 2. The molecule has 1 atom stereocenters. The highest BCUT2D eigenvalue weighted by molar-refractivity contribution is 6.07. The van der Waals surface area contributed by atoms with Gasteiger partial charge in [-0.1, -0.05) is 31.0 Å². The predicted octanol–water partition coefficient (Wildman–Crippen LogP) is 5.21. The first-order valence-electron chi connectivity index (χ1n) is 16.2. The number of nitrogens with zero attached hydrogens (tertiary/aromatic N) is 3. The largest absolute Gasteiger partial charge is 0.444 e. The van der Waals surface area contributed by atoms with E-state index in [-0.39, 0.29) is 18.1 Å². The van der Waals surface area contributed by atoms with Gasteiger partial charge in [0, 0.05) is 38.1 Å². The van der Waals surface area contributed by atoms with Gasteiger partial charge in [0.05, 0.1) is 17.2 Å². The fourth-order valence-corrected chi connectivity index (χ4v) is 6.54. The molecule has 238 valence electrons. The van der Waals surface area contributed by atoms with Gasteiger partial charge in [0.15, 0.2) is 0 Å². The minimum atomic E-state index is -0.482. The van der Waals surface area contributed by atoms with Crippen LogP contribution in [0.4, 0.5) is 10.6 Å². The van der Waals surface area contributed by atoms with Crippen LogP contribution in [0.3, 0.4) is 0 Å². The lowest BCUT2D eigenvalue weighted by molar-refractivity contribution is 0.0513. The molecule has 0 spiro atoms. The number of carbonyl (C=O) groups is 2. The summed E-state index contributed by atoms with van der Waals surface area (Å²) >= 11 is 0. The molecule has 2 aliphatic rings. The van der Waals surface area contributed by atoms with Crippen LogP contribution in [-0.4, -0.2) is 85.5 Å². The highest BCUT2D eigenvalue weighted by Crippen LogP contribution is 2.31. The molecule has 9 heteroatoms. The number of anilines is 1. The van der Waals surface area contributed by atoms with Crippen molar-refractivity contribution in [2.75, 3.05) is 51.7 Å². The molecule has 1 saturated carbocycles. The van der Waals surface area contributed by atoms with E-state index >= 15 is 0 Å². The second-order valence-electron chi connectivity index (χ2n) is 13.9. The third-order valence-electron chi connectivity index (χ3n) is 8.81. The normalized spacial score (nSPS) is 20.7. The number of hydrogen-bond donors (Lipinski definition) is 3. The lowest BCUT2D eigenvalue weighted by Gasteiger charge is -2.34.